The van der Waals surface area contributed by atoms with Crippen LogP contribution in [0.15, 0.2) is 68.5 Å². The zero-order valence-corrected chi connectivity index (χ0v) is 17.1. The van der Waals surface area contributed by atoms with Crippen molar-refractivity contribution in [3.8, 4) is 40.2 Å². The molecule has 0 aliphatic heterocycles. The number of benzene rings is 2. The van der Waals surface area contributed by atoms with Crippen molar-refractivity contribution in [2.45, 2.75) is 0 Å². The van der Waals surface area contributed by atoms with Gasteiger partial charge in [-0.1, -0.05) is 27.2 Å². The third-order valence-corrected chi connectivity index (χ3v) is 4.64. The molecule has 0 aliphatic rings. The van der Waals surface area contributed by atoms with E-state index in [1.54, 1.807) is 43.3 Å². The minimum Gasteiger partial charge on any atom is -0.493 e. The lowest BCUT2D eigenvalue weighted by Gasteiger charge is -2.07. The molecule has 0 unspecified atom stereocenters. The molecule has 146 valence electrons. The zero-order chi connectivity index (χ0) is 20.4. The Kier molecular flexibility index (Phi) is 5.13. The van der Waals surface area contributed by atoms with Gasteiger partial charge in [0.25, 0.3) is 5.89 Å². The molecule has 4 aromatic rings. The number of aromatic nitrogens is 4. The Bertz CT molecular complexity index is 1240. The molecule has 2 aromatic carbocycles. The Hall–Kier alpha value is -3.46. The summed E-state index contributed by atoms with van der Waals surface area (Å²) in [4.78, 5) is 16.7. The maximum atomic E-state index is 12.4. The van der Waals surface area contributed by atoms with Crippen molar-refractivity contribution in [3.05, 3.63) is 69.4 Å². The van der Waals surface area contributed by atoms with Crippen LogP contribution >= 0.6 is 15.9 Å². The molecule has 8 nitrogen and oxygen atoms in total. The second-order valence-electron chi connectivity index (χ2n) is 5.95. The van der Waals surface area contributed by atoms with Crippen LogP contribution in [0.1, 0.15) is 0 Å². The highest BCUT2D eigenvalue weighted by molar-refractivity contribution is 9.10. The summed E-state index contributed by atoms with van der Waals surface area (Å²) < 4.78 is 18.3. The van der Waals surface area contributed by atoms with Gasteiger partial charge in [-0.15, -0.1) is 0 Å². The Morgan fingerprint density at radius 1 is 1.03 bits per heavy atom. The van der Waals surface area contributed by atoms with Crippen molar-refractivity contribution in [1.29, 1.82) is 0 Å². The number of hydrogen-bond donors (Lipinski definition) is 0. The Morgan fingerprint density at radius 3 is 2.62 bits per heavy atom. The lowest BCUT2D eigenvalue weighted by molar-refractivity contribution is 0.355. The molecule has 0 bridgehead atoms. The van der Waals surface area contributed by atoms with Gasteiger partial charge >= 0.3 is 0 Å². The highest BCUT2D eigenvalue weighted by atomic mass is 79.9. The van der Waals surface area contributed by atoms with Crippen molar-refractivity contribution in [2.75, 3.05) is 14.2 Å². The molecule has 0 atom stereocenters. The highest BCUT2D eigenvalue weighted by Crippen LogP contribution is 2.31. The van der Waals surface area contributed by atoms with E-state index in [0.29, 0.717) is 22.9 Å². The number of halogens is 1. The first-order valence-electron chi connectivity index (χ1n) is 8.51. The second-order valence-corrected chi connectivity index (χ2v) is 6.86. The number of hydrogen-bond acceptors (Lipinski definition) is 7. The summed E-state index contributed by atoms with van der Waals surface area (Å²) in [5, 5.41) is 8.34. The van der Waals surface area contributed by atoms with Gasteiger partial charge in [-0.3, -0.25) is 4.79 Å². The van der Waals surface area contributed by atoms with Gasteiger partial charge in [0, 0.05) is 22.3 Å². The molecular formula is C20H15BrN4O4. The van der Waals surface area contributed by atoms with Crippen molar-refractivity contribution in [3.63, 3.8) is 0 Å². The summed E-state index contributed by atoms with van der Waals surface area (Å²) >= 11 is 3.43. The lowest BCUT2D eigenvalue weighted by atomic mass is 10.2. The van der Waals surface area contributed by atoms with E-state index in [1.807, 2.05) is 24.3 Å². The largest absolute Gasteiger partial charge is 0.493 e. The van der Waals surface area contributed by atoms with E-state index in [4.69, 9.17) is 14.0 Å². The van der Waals surface area contributed by atoms with Gasteiger partial charge in [-0.2, -0.15) is 10.1 Å². The molecule has 0 amide bonds. The molecule has 2 aromatic heterocycles. The maximum absolute atomic E-state index is 12.4. The number of nitrogens with zero attached hydrogens (tertiary/aromatic N) is 4. The van der Waals surface area contributed by atoms with E-state index in [0.717, 1.165) is 10.2 Å². The van der Waals surface area contributed by atoms with Crippen LogP contribution in [0.2, 0.25) is 0 Å². The van der Waals surface area contributed by atoms with E-state index in [9.17, 15) is 4.79 Å². The molecule has 0 spiro atoms. The molecule has 0 saturated heterocycles. The number of rotatable bonds is 5. The summed E-state index contributed by atoms with van der Waals surface area (Å²) in [6.45, 7) is 0. The highest BCUT2D eigenvalue weighted by Gasteiger charge is 2.17. The minimum absolute atomic E-state index is 0.0316. The van der Waals surface area contributed by atoms with Crippen LogP contribution in [-0.2, 0) is 0 Å². The molecule has 0 N–H and O–H groups in total. The van der Waals surface area contributed by atoms with Gasteiger partial charge in [0.1, 0.15) is 0 Å². The van der Waals surface area contributed by atoms with Crippen LogP contribution in [0.5, 0.6) is 11.5 Å². The van der Waals surface area contributed by atoms with E-state index in [1.165, 1.54) is 6.07 Å². The third kappa shape index (κ3) is 3.77. The minimum atomic E-state index is -0.321. The fourth-order valence-electron chi connectivity index (χ4n) is 2.73. The zero-order valence-electron chi connectivity index (χ0n) is 15.5. The van der Waals surface area contributed by atoms with Crippen molar-refractivity contribution < 1.29 is 14.0 Å². The SMILES string of the molecule is COc1ccc(-c2noc(-c3nn(-c4cccc(Br)c4)ccc3=O)n2)cc1OC. The summed E-state index contributed by atoms with van der Waals surface area (Å²) in [6.07, 6.45) is 1.58. The Balaban J connectivity index is 1.73. The average molecular weight is 455 g/mol. The van der Waals surface area contributed by atoms with Gasteiger partial charge in [0.15, 0.2) is 17.2 Å². The van der Waals surface area contributed by atoms with Crippen LogP contribution in [-0.4, -0.2) is 34.1 Å². The normalized spacial score (nSPS) is 10.7. The summed E-state index contributed by atoms with van der Waals surface area (Å²) in [5.74, 6) is 1.46. The molecule has 29 heavy (non-hydrogen) atoms. The van der Waals surface area contributed by atoms with Gasteiger partial charge in [0.05, 0.1) is 19.9 Å². The Labute approximate surface area is 173 Å². The average Bonchev–Trinajstić information content (AvgIpc) is 3.23. The van der Waals surface area contributed by atoms with Crippen LogP contribution in [0.4, 0.5) is 0 Å². The molecule has 9 heteroatoms. The fraction of sp³-hybridized carbons (Fsp3) is 0.100. The maximum Gasteiger partial charge on any atom is 0.282 e. The molecule has 0 aliphatic carbocycles. The monoisotopic (exact) mass is 454 g/mol. The molecule has 0 saturated carbocycles. The first kappa shape index (κ1) is 18.9. The van der Waals surface area contributed by atoms with Crippen LogP contribution < -0.4 is 14.9 Å². The van der Waals surface area contributed by atoms with Gasteiger partial charge < -0.3 is 14.0 Å². The molecule has 0 radical (unpaired) electrons. The molecule has 0 fully saturated rings. The van der Waals surface area contributed by atoms with Crippen molar-refractivity contribution in [1.82, 2.24) is 19.9 Å². The molecule has 4 rings (SSSR count). The van der Waals surface area contributed by atoms with Gasteiger partial charge in [0.2, 0.25) is 11.3 Å². The first-order valence-corrected chi connectivity index (χ1v) is 9.31. The summed E-state index contributed by atoms with van der Waals surface area (Å²) in [5.41, 5.74) is 1.17. The van der Waals surface area contributed by atoms with Crippen LogP contribution in [0.3, 0.4) is 0 Å². The smallest absolute Gasteiger partial charge is 0.282 e. The number of methoxy groups -OCH3 is 2. The fourth-order valence-corrected chi connectivity index (χ4v) is 3.12. The molecular weight excluding hydrogens is 440 g/mol. The Morgan fingerprint density at radius 2 is 1.86 bits per heavy atom. The summed E-state index contributed by atoms with van der Waals surface area (Å²) in [7, 11) is 3.10. The topological polar surface area (TPSA) is 92.3 Å². The quantitative estimate of drug-likeness (QED) is 0.453. The van der Waals surface area contributed by atoms with E-state index < -0.39 is 0 Å². The predicted molar refractivity (Wildman–Crippen MR) is 109 cm³/mol. The van der Waals surface area contributed by atoms with E-state index in [2.05, 4.69) is 31.2 Å². The van der Waals surface area contributed by atoms with E-state index >= 15 is 0 Å². The van der Waals surface area contributed by atoms with Crippen LogP contribution in [0.25, 0.3) is 28.7 Å². The second kappa shape index (κ2) is 7.88. The first-order chi connectivity index (χ1) is 14.1. The standard InChI is InChI=1S/C20H15BrN4O4/c1-27-16-7-6-12(10-17(16)28-2)19-22-20(29-24-19)18-15(26)8-9-25(23-18)14-5-3-4-13(21)11-14/h3-11H,1-2H3. The van der Waals surface area contributed by atoms with Gasteiger partial charge in [-0.05, 0) is 36.4 Å². The van der Waals surface area contributed by atoms with Crippen molar-refractivity contribution in [2.24, 2.45) is 0 Å². The summed E-state index contributed by atoms with van der Waals surface area (Å²) in [6, 6.07) is 14.2. The number of ether oxygens (including phenoxy) is 2. The van der Waals surface area contributed by atoms with Crippen LogP contribution in [0, 0.1) is 0 Å². The van der Waals surface area contributed by atoms with E-state index in [-0.39, 0.29) is 17.0 Å². The predicted octanol–water partition coefficient (Wildman–Crippen LogP) is 3.73. The third-order valence-electron chi connectivity index (χ3n) is 4.15. The lowest BCUT2D eigenvalue weighted by Crippen LogP contribution is -2.12. The molecule has 2 heterocycles. The van der Waals surface area contributed by atoms with Crippen molar-refractivity contribution >= 4 is 15.9 Å². The van der Waals surface area contributed by atoms with Gasteiger partial charge in [-0.25, -0.2) is 4.68 Å².